The van der Waals surface area contributed by atoms with Crippen molar-refractivity contribution in [1.82, 2.24) is 9.55 Å². The zero-order chi connectivity index (χ0) is 11.7. The van der Waals surface area contributed by atoms with Gasteiger partial charge in [-0.3, -0.25) is 9.36 Å². The average molecular weight is 236 g/mol. The maximum Gasteiger partial charge on any atom is 0.257 e. The van der Waals surface area contributed by atoms with Gasteiger partial charge in [0.25, 0.3) is 5.56 Å². The standard InChI is InChI=1S/C12H16N2O2.CH4/c1-4-10-7-16-6-5-11-13-9(3)8(2)12(15)14(10)11;/h4,10H,1,5-7H2,2-3H3;1H4. The van der Waals surface area contributed by atoms with Gasteiger partial charge < -0.3 is 4.74 Å². The number of nitrogens with zero attached hydrogens (tertiary/aromatic N) is 2. The second-order valence-corrected chi connectivity index (χ2v) is 4.04. The van der Waals surface area contributed by atoms with Crippen LogP contribution in [0, 0.1) is 13.8 Å². The van der Waals surface area contributed by atoms with Gasteiger partial charge in [-0.2, -0.15) is 0 Å². The number of aryl methyl sites for hydroxylation is 1. The predicted octanol–water partition coefficient (Wildman–Crippen LogP) is 1.80. The van der Waals surface area contributed by atoms with Crippen LogP contribution in [0.3, 0.4) is 0 Å². The number of fused-ring (bicyclic) bond motifs is 1. The van der Waals surface area contributed by atoms with Gasteiger partial charge in [-0.1, -0.05) is 13.5 Å². The SMILES string of the molecule is C.C=CC1COCCc2nc(C)c(C)c(=O)n21. The molecule has 0 aliphatic carbocycles. The summed E-state index contributed by atoms with van der Waals surface area (Å²) >= 11 is 0. The zero-order valence-electron chi connectivity index (χ0n) is 9.69. The van der Waals surface area contributed by atoms with Gasteiger partial charge in [0.2, 0.25) is 0 Å². The van der Waals surface area contributed by atoms with E-state index in [1.54, 1.807) is 10.6 Å². The molecule has 94 valence electrons. The highest BCUT2D eigenvalue weighted by Crippen LogP contribution is 2.14. The lowest BCUT2D eigenvalue weighted by atomic mass is 10.2. The van der Waals surface area contributed by atoms with Crippen LogP contribution in [-0.2, 0) is 11.2 Å². The number of hydrogen-bond acceptors (Lipinski definition) is 3. The van der Waals surface area contributed by atoms with Gasteiger partial charge in [0.1, 0.15) is 5.82 Å². The van der Waals surface area contributed by atoms with Crippen LogP contribution >= 0.6 is 0 Å². The van der Waals surface area contributed by atoms with E-state index in [-0.39, 0.29) is 19.0 Å². The normalized spacial score (nSPS) is 18.8. The highest BCUT2D eigenvalue weighted by molar-refractivity contribution is 5.17. The van der Waals surface area contributed by atoms with Crippen LogP contribution in [0.2, 0.25) is 0 Å². The van der Waals surface area contributed by atoms with Crippen molar-refractivity contribution in [2.45, 2.75) is 33.7 Å². The number of ether oxygens (including phenoxy) is 1. The number of aromatic nitrogens is 2. The molecule has 0 saturated carbocycles. The second-order valence-electron chi connectivity index (χ2n) is 4.04. The molecule has 0 N–H and O–H groups in total. The van der Waals surface area contributed by atoms with Gasteiger partial charge in [0, 0.05) is 17.7 Å². The van der Waals surface area contributed by atoms with Crippen molar-refractivity contribution in [3.8, 4) is 0 Å². The van der Waals surface area contributed by atoms with E-state index < -0.39 is 0 Å². The lowest BCUT2D eigenvalue weighted by Crippen LogP contribution is -2.31. The van der Waals surface area contributed by atoms with Gasteiger partial charge in [-0.25, -0.2) is 4.98 Å². The maximum absolute atomic E-state index is 12.2. The van der Waals surface area contributed by atoms with E-state index in [9.17, 15) is 4.79 Å². The van der Waals surface area contributed by atoms with Crippen molar-refractivity contribution < 1.29 is 4.74 Å². The topological polar surface area (TPSA) is 44.1 Å². The zero-order valence-corrected chi connectivity index (χ0v) is 9.69. The molecule has 1 atom stereocenters. The summed E-state index contributed by atoms with van der Waals surface area (Å²) < 4.78 is 7.15. The predicted molar refractivity (Wildman–Crippen MR) is 68.5 cm³/mol. The molecule has 0 bridgehead atoms. The van der Waals surface area contributed by atoms with E-state index in [1.165, 1.54) is 0 Å². The van der Waals surface area contributed by atoms with Crippen molar-refractivity contribution >= 4 is 0 Å². The molecule has 4 nitrogen and oxygen atoms in total. The number of hydrogen-bond donors (Lipinski definition) is 0. The first-order chi connectivity index (χ1) is 7.65. The highest BCUT2D eigenvalue weighted by Gasteiger charge is 2.20. The van der Waals surface area contributed by atoms with E-state index in [0.29, 0.717) is 25.2 Å². The first kappa shape index (κ1) is 13.6. The summed E-state index contributed by atoms with van der Waals surface area (Å²) in [6, 6.07) is -0.100. The molecule has 2 rings (SSSR count). The molecule has 0 saturated heterocycles. The Hall–Kier alpha value is -1.42. The Labute approximate surface area is 102 Å². The van der Waals surface area contributed by atoms with Crippen LogP contribution in [0.15, 0.2) is 17.4 Å². The fourth-order valence-corrected chi connectivity index (χ4v) is 1.92. The Balaban J connectivity index is 0.00000144. The first-order valence-corrected chi connectivity index (χ1v) is 5.44. The van der Waals surface area contributed by atoms with E-state index in [2.05, 4.69) is 11.6 Å². The Bertz CT molecular complexity index is 477. The number of rotatable bonds is 1. The van der Waals surface area contributed by atoms with Gasteiger partial charge in [0.15, 0.2) is 0 Å². The minimum absolute atomic E-state index is 0. The van der Waals surface area contributed by atoms with E-state index in [1.807, 2.05) is 13.8 Å². The van der Waals surface area contributed by atoms with Crippen LogP contribution in [0.1, 0.15) is 30.6 Å². The third kappa shape index (κ3) is 2.31. The van der Waals surface area contributed by atoms with Crippen molar-refractivity contribution in [3.05, 3.63) is 40.1 Å². The van der Waals surface area contributed by atoms with Crippen LogP contribution in [-0.4, -0.2) is 22.8 Å². The molecular weight excluding hydrogens is 216 g/mol. The quantitative estimate of drug-likeness (QED) is 0.698. The molecule has 1 aromatic rings. The van der Waals surface area contributed by atoms with Gasteiger partial charge in [0.05, 0.1) is 19.3 Å². The fraction of sp³-hybridized carbons (Fsp3) is 0.538. The summed E-state index contributed by atoms with van der Waals surface area (Å²) in [6.07, 6.45) is 2.42. The molecule has 4 heteroatoms. The van der Waals surface area contributed by atoms with Crippen molar-refractivity contribution in [3.63, 3.8) is 0 Å². The molecule has 1 aliphatic heterocycles. The minimum Gasteiger partial charge on any atom is -0.378 e. The summed E-state index contributed by atoms with van der Waals surface area (Å²) in [6.45, 7) is 8.54. The fourth-order valence-electron chi connectivity index (χ4n) is 1.92. The van der Waals surface area contributed by atoms with Crippen LogP contribution in [0.5, 0.6) is 0 Å². The first-order valence-electron chi connectivity index (χ1n) is 5.44. The van der Waals surface area contributed by atoms with Crippen molar-refractivity contribution in [2.75, 3.05) is 13.2 Å². The second kappa shape index (κ2) is 5.27. The molecule has 1 aromatic heterocycles. The Morgan fingerprint density at radius 1 is 1.53 bits per heavy atom. The molecule has 0 radical (unpaired) electrons. The monoisotopic (exact) mass is 236 g/mol. The third-order valence-electron chi connectivity index (χ3n) is 3.02. The third-order valence-corrected chi connectivity index (χ3v) is 3.02. The van der Waals surface area contributed by atoms with E-state index >= 15 is 0 Å². The Kier molecular flexibility index (Phi) is 4.23. The molecule has 1 unspecified atom stereocenters. The molecular formula is C13H20N2O2. The molecule has 0 fully saturated rings. The smallest absolute Gasteiger partial charge is 0.257 e. The summed E-state index contributed by atoms with van der Waals surface area (Å²) in [5.41, 5.74) is 1.54. The van der Waals surface area contributed by atoms with E-state index in [4.69, 9.17) is 4.74 Å². The molecule has 2 heterocycles. The van der Waals surface area contributed by atoms with Crippen molar-refractivity contribution in [1.29, 1.82) is 0 Å². The molecule has 0 spiro atoms. The highest BCUT2D eigenvalue weighted by atomic mass is 16.5. The minimum atomic E-state index is -0.100. The van der Waals surface area contributed by atoms with Crippen molar-refractivity contribution in [2.24, 2.45) is 0 Å². The largest absolute Gasteiger partial charge is 0.378 e. The van der Waals surface area contributed by atoms with Gasteiger partial charge >= 0.3 is 0 Å². The Morgan fingerprint density at radius 3 is 2.88 bits per heavy atom. The molecule has 0 aromatic carbocycles. The Morgan fingerprint density at radius 2 is 2.24 bits per heavy atom. The molecule has 17 heavy (non-hydrogen) atoms. The van der Waals surface area contributed by atoms with Gasteiger partial charge in [-0.15, -0.1) is 6.58 Å². The van der Waals surface area contributed by atoms with Crippen LogP contribution < -0.4 is 5.56 Å². The summed E-state index contributed by atoms with van der Waals surface area (Å²) in [5.74, 6) is 0.801. The summed E-state index contributed by atoms with van der Waals surface area (Å²) in [4.78, 5) is 16.6. The van der Waals surface area contributed by atoms with Gasteiger partial charge in [-0.05, 0) is 13.8 Å². The van der Waals surface area contributed by atoms with Crippen LogP contribution in [0.25, 0.3) is 0 Å². The summed E-state index contributed by atoms with van der Waals surface area (Å²) in [7, 11) is 0. The molecule has 0 amide bonds. The summed E-state index contributed by atoms with van der Waals surface area (Å²) in [5, 5.41) is 0. The lowest BCUT2D eigenvalue weighted by molar-refractivity contribution is 0.129. The molecule has 1 aliphatic rings. The van der Waals surface area contributed by atoms with Crippen LogP contribution in [0.4, 0.5) is 0 Å². The van der Waals surface area contributed by atoms with E-state index in [0.717, 1.165) is 11.5 Å². The lowest BCUT2D eigenvalue weighted by Gasteiger charge is -2.17. The average Bonchev–Trinajstić information content (AvgIpc) is 2.48. The maximum atomic E-state index is 12.2.